The van der Waals surface area contributed by atoms with Gasteiger partial charge in [0.15, 0.2) is 0 Å². The molecule has 0 spiro atoms. The van der Waals surface area contributed by atoms with Gasteiger partial charge in [0, 0.05) is 44.3 Å². The first kappa shape index (κ1) is 25.6. The first-order chi connectivity index (χ1) is 14.1. The Morgan fingerprint density at radius 3 is 1.97 bits per heavy atom. The van der Waals surface area contributed by atoms with Gasteiger partial charge in [-0.2, -0.15) is 0 Å². The molecular formula is C24H37Cl3N2O2. The van der Waals surface area contributed by atoms with E-state index < -0.39 is 0 Å². The van der Waals surface area contributed by atoms with E-state index in [2.05, 4.69) is 21.9 Å². The molecule has 1 atom stereocenters. The summed E-state index contributed by atoms with van der Waals surface area (Å²) in [6, 6.07) is 8.15. The van der Waals surface area contributed by atoms with Crippen molar-refractivity contribution in [3.05, 3.63) is 34.9 Å². The summed E-state index contributed by atoms with van der Waals surface area (Å²) in [4.78, 5) is 4.88. The van der Waals surface area contributed by atoms with Gasteiger partial charge in [-0.05, 0) is 74.0 Å². The van der Waals surface area contributed by atoms with Crippen LogP contribution in [0.5, 0.6) is 0 Å². The van der Waals surface area contributed by atoms with Gasteiger partial charge in [0.05, 0.1) is 18.3 Å². The van der Waals surface area contributed by atoms with E-state index in [0.717, 1.165) is 62.0 Å². The van der Waals surface area contributed by atoms with Crippen LogP contribution < -0.4 is 0 Å². The van der Waals surface area contributed by atoms with Crippen molar-refractivity contribution in [2.24, 2.45) is 17.8 Å². The quantitative estimate of drug-likeness (QED) is 0.602. The van der Waals surface area contributed by atoms with Gasteiger partial charge in [0.25, 0.3) is 0 Å². The van der Waals surface area contributed by atoms with Gasteiger partial charge in [0.1, 0.15) is 0 Å². The van der Waals surface area contributed by atoms with Crippen molar-refractivity contribution in [2.45, 2.75) is 56.8 Å². The summed E-state index contributed by atoms with van der Waals surface area (Å²) in [6.07, 6.45) is 7.67. The van der Waals surface area contributed by atoms with E-state index >= 15 is 0 Å². The van der Waals surface area contributed by atoms with Crippen LogP contribution in [0.4, 0.5) is 0 Å². The molecule has 7 heteroatoms. The van der Waals surface area contributed by atoms with Crippen LogP contribution >= 0.6 is 36.4 Å². The molecule has 4 saturated carbocycles. The van der Waals surface area contributed by atoms with Crippen molar-refractivity contribution in [3.8, 4) is 0 Å². The number of halogens is 3. The van der Waals surface area contributed by atoms with Crippen molar-refractivity contribution in [1.29, 1.82) is 0 Å². The smallest absolute Gasteiger partial charge is 0.0900 e. The Bertz CT molecular complexity index is 659. The lowest BCUT2D eigenvalue weighted by Crippen LogP contribution is -2.53. The zero-order valence-electron chi connectivity index (χ0n) is 18.3. The van der Waals surface area contributed by atoms with Crippen LogP contribution in [0.15, 0.2) is 24.3 Å². The zero-order chi connectivity index (χ0) is 19.8. The second kappa shape index (κ2) is 10.9. The zero-order valence-corrected chi connectivity index (χ0v) is 20.6. The fourth-order valence-electron chi connectivity index (χ4n) is 6.81. The Morgan fingerprint density at radius 1 is 0.903 bits per heavy atom. The van der Waals surface area contributed by atoms with Crippen LogP contribution in [-0.4, -0.2) is 65.9 Å². The second-order valence-corrected chi connectivity index (χ2v) is 10.7. The second-order valence-electron chi connectivity index (χ2n) is 10.3. The molecule has 5 aliphatic rings. The average molecular weight is 492 g/mol. The van der Waals surface area contributed by atoms with Gasteiger partial charge >= 0.3 is 0 Å². The number of hydrogen-bond acceptors (Lipinski definition) is 4. The molecule has 0 aromatic heterocycles. The number of aliphatic hydroxyl groups excluding tert-OH is 1. The number of ether oxygens (including phenoxy) is 1. The molecule has 1 N–H and O–H groups in total. The van der Waals surface area contributed by atoms with Gasteiger partial charge in [-0.15, -0.1) is 24.8 Å². The Balaban J connectivity index is 0.00000136. The number of hydrogen-bond donors (Lipinski definition) is 1. The van der Waals surface area contributed by atoms with Gasteiger partial charge in [0.2, 0.25) is 0 Å². The maximum absolute atomic E-state index is 10.6. The molecule has 176 valence electrons. The summed E-state index contributed by atoms with van der Waals surface area (Å²) in [6.45, 7) is 6.35. The van der Waals surface area contributed by atoms with Crippen LogP contribution in [0.1, 0.15) is 44.1 Å². The monoisotopic (exact) mass is 490 g/mol. The van der Waals surface area contributed by atoms with E-state index in [9.17, 15) is 5.11 Å². The molecule has 1 heterocycles. The van der Waals surface area contributed by atoms with E-state index in [0.29, 0.717) is 6.61 Å². The van der Waals surface area contributed by atoms with Crippen molar-refractivity contribution >= 4 is 36.4 Å². The topological polar surface area (TPSA) is 35.9 Å². The van der Waals surface area contributed by atoms with E-state index in [4.69, 9.17) is 16.3 Å². The van der Waals surface area contributed by atoms with Gasteiger partial charge in [-0.3, -0.25) is 9.80 Å². The predicted molar refractivity (Wildman–Crippen MR) is 131 cm³/mol. The highest BCUT2D eigenvalue weighted by Gasteiger charge is 2.51. The highest BCUT2D eigenvalue weighted by Crippen LogP contribution is 2.57. The standard InChI is InChI=1S/C24H35ClN2O2.2ClH/c25-22-3-1-18(2-4-22)15-26-5-7-27(8-6-26)16-23(28)17-29-24-12-19-9-20(13-24)11-21(10-19)14-24;;/h1-4,19-21,23,28H,5-17H2;2*1H. The minimum Gasteiger partial charge on any atom is -0.389 e. The molecule has 1 aromatic rings. The van der Waals surface area contributed by atoms with E-state index in [1.807, 2.05) is 12.1 Å². The van der Waals surface area contributed by atoms with Crippen LogP contribution in [-0.2, 0) is 11.3 Å². The molecule has 5 fully saturated rings. The number of nitrogens with zero attached hydrogens (tertiary/aromatic N) is 2. The summed E-state index contributed by atoms with van der Waals surface area (Å²) < 4.78 is 6.46. The lowest BCUT2D eigenvalue weighted by atomic mass is 9.54. The fourth-order valence-corrected chi connectivity index (χ4v) is 6.94. The van der Waals surface area contributed by atoms with Crippen molar-refractivity contribution < 1.29 is 9.84 Å². The molecule has 0 amide bonds. The lowest BCUT2D eigenvalue weighted by molar-refractivity contribution is -0.176. The summed E-state index contributed by atoms with van der Waals surface area (Å²) >= 11 is 5.98. The van der Waals surface area contributed by atoms with E-state index in [1.54, 1.807) is 0 Å². The molecule has 1 aliphatic heterocycles. The van der Waals surface area contributed by atoms with Gasteiger partial charge in [-0.1, -0.05) is 23.7 Å². The Kier molecular flexibility index (Phi) is 8.99. The highest BCUT2D eigenvalue weighted by atomic mass is 35.5. The molecule has 31 heavy (non-hydrogen) atoms. The van der Waals surface area contributed by atoms with Crippen molar-refractivity contribution in [1.82, 2.24) is 9.80 Å². The third-order valence-electron chi connectivity index (χ3n) is 7.82. The Labute approximate surface area is 204 Å². The molecule has 6 rings (SSSR count). The lowest BCUT2D eigenvalue weighted by Gasteiger charge is -2.56. The predicted octanol–water partition coefficient (Wildman–Crippen LogP) is 4.65. The highest BCUT2D eigenvalue weighted by molar-refractivity contribution is 6.30. The largest absolute Gasteiger partial charge is 0.389 e. The number of piperazine rings is 1. The summed E-state index contributed by atoms with van der Waals surface area (Å²) in [5.41, 5.74) is 1.42. The molecule has 1 saturated heterocycles. The number of aliphatic hydroxyl groups is 1. The average Bonchev–Trinajstić information content (AvgIpc) is 2.69. The first-order valence-corrected chi connectivity index (χ1v) is 11.9. The molecule has 1 aromatic carbocycles. The summed E-state index contributed by atoms with van der Waals surface area (Å²) in [5, 5.41) is 11.4. The summed E-state index contributed by atoms with van der Waals surface area (Å²) in [5.74, 6) is 2.69. The van der Waals surface area contributed by atoms with Crippen LogP contribution in [0.2, 0.25) is 5.02 Å². The van der Waals surface area contributed by atoms with E-state index in [1.165, 1.54) is 44.1 Å². The summed E-state index contributed by atoms with van der Waals surface area (Å²) in [7, 11) is 0. The molecule has 4 aliphatic carbocycles. The fraction of sp³-hybridized carbons (Fsp3) is 0.750. The minimum absolute atomic E-state index is 0. The van der Waals surface area contributed by atoms with E-state index in [-0.39, 0.29) is 36.5 Å². The third-order valence-corrected chi connectivity index (χ3v) is 8.07. The van der Waals surface area contributed by atoms with Gasteiger partial charge < -0.3 is 9.84 Å². The molecule has 1 unspecified atom stereocenters. The Hall–Kier alpha value is -0.0700. The minimum atomic E-state index is -0.370. The number of benzene rings is 1. The first-order valence-electron chi connectivity index (χ1n) is 11.6. The molecule has 4 bridgehead atoms. The van der Waals surface area contributed by atoms with Crippen LogP contribution in [0.25, 0.3) is 0 Å². The van der Waals surface area contributed by atoms with Crippen molar-refractivity contribution in [2.75, 3.05) is 39.3 Å². The maximum Gasteiger partial charge on any atom is 0.0900 e. The SMILES string of the molecule is Cl.Cl.OC(COC12CC3CC(CC(C3)C1)C2)CN1CCN(Cc2ccc(Cl)cc2)CC1. The molecule has 4 nitrogen and oxygen atoms in total. The molecular weight excluding hydrogens is 455 g/mol. The number of β-amino-alcohol motifs (C(OH)–C–C–N with tert-alkyl or cyclic N) is 1. The van der Waals surface area contributed by atoms with Crippen molar-refractivity contribution in [3.63, 3.8) is 0 Å². The van der Waals surface area contributed by atoms with Crippen LogP contribution in [0, 0.1) is 17.8 Å². The normalized spacial score (nSPS) is 33.5. The maximum atomic E-state index is 10.6. The van der Waals surface area contributed by atoms with Crippen LogP contribution in [0.3, 0.4) is 0 Å². The van der Waals surface area contributed by atoms with Gasteiger partial charge in [-0.25, -0.2) is 0 Å². The Morgan fingerprint density at radius 2 is 1.42 bits per heavy atom. The number of rotatable bonds is 7. The third kappa shape index (κ3) is 6.29. The molecule has 0 radical (unpaired) electrons.